The van der Waals surface area contributed by atoms with Gasteiger partial charge in [0.15, 0.2) is 5.75 Å². The highest BCUT2D eigenvalue weighted by Gasteiger charge is 2.16. The van der Waals surface area contributed by atoms with Crippen molar-refractivity contribution in [1.82, 2.24) is 9.47 Å². The number of anilines is 1. The van der Waals surface area contributed by atoms with Crippen LogP contribution in [0.2, 0.25) is 5.02 Å². The van der Waals surface area contributed by atoms with Gasteiger partial charge in [-0.3, -0.25) is 14.5 Å². The number of likely N-dealkylation sites (tertiary alicyclic amines) is 1. The molecule has 2 aromatic rings. The minimum atomic E-state index is -0.178. The summed E-state index contributed by atoms with van der Waals surface area (Å²) in [6.07, 6.45) is 5.19. The summed E-state index contributed by atoms with van der Waals surface area (Å²) in [5, 5.41) is 3.46. The lowest BCUT2D eigenvalue weighted by molar-refractivity contribution is -0.116. The van der Waals surface area contributed by atoms with Gasteiger partial charge in [-0.2, -0.15) is 0 Å². The van der Waals surface area contributed by atoms with Crippen molar-refractivity contribution in [3.05, 3.63) is 57.5 Å². The van der Waals surface area contributed by atoms with E-state index in [9.17, 15) is 9.59 Å². The van der Waals surface area contributed by atoms with E-state index < -0.39 is 0 Å². The number of carbonyl (C=O) groups excluding carboxylic acids is 1. The van der Waals surface area contributed by atoms with Crippen LogP contribution in [0.3, 0.4) is 0 Å². The van der Waals surface area contributed by atoms with Gasteiger partial charge < -0.3 is 14.6 Å². The Hall–Kier alpha value is -2.31. The molecule has 0 saturated carbocycles. The van der Waals surface area contributed by atoms with Crippen LogP contribution in [0.5, 0.6) is 5.75 Å². The zero-order valence-corrected chi connectivity index (χ0v) is 16.2. The molecule has 144 valence electrons. The third-order valence-corrected chi connectivity index (χ3v) is 4.93. The molecule has 0 atom stereocenters. The van der Waals surface area contributed by atoms with Crippen LogP contribution >= 0.6 is 11.6 Å². The molecule has 1 amide bonds. The number of amides is 1. The number of carbonyl (C=O) groups is 1. The molecule has 0 bridgehead atoms. The number of benzene rings is 1. The standard InChI is InChI=1S/C20H24ClN3O3/c1-27-19-13-24(14-20(26)22-16-7-5-15(21)6-8-16)17(11-18(19)25)12-23-9-3-2-4-10-23/h5-8,11,13H,2-4,9-10,12,14H2,1H3,(H,22,26). The summed E-state index contributed by atoms with van der Waals surface area (Å²) >= 11 is 5.87. The first kappa shape index (κ1) is 19.5. The summed E-state index contributed by atoms with van der Waals surface area (Å²) in [7, 11) is 1.46. The molecule has 6 nitrogen and oxygen atoms in total. The third-order valence-electron chi connectivity index (χ3n) is 4.68. The van der Waals surface area contributed by atoms with Crippen molar-refractivity contribution >= 4 is 23.2 Å². The van der Waals surface area contributed by atoms with Gasteiger partial charge >= 0.3 is 0 Å². The molecule has 1 aromatic carbocycles. The molecule has 3 rings (SSSR count). The lowest BCUT2D eigenvalue weighted by atomic mass is 10.1. The summed E-state index contributed by atoms with van der Waals surface area (Å²) in [4.78, 5) is 27.0. The molecule has 2 heterocycles. The number of pyridine rings is 1. The average Bonchev–Trinajstić information content (AvgIpc) is 2.66. The molecule has 0 aliphatic carbocycles. The monoisotopic (exact) mass is 389 g/mol. The van der Waals surface area contributed by atoms with E-state index in [-0.39, 0.29) is 23.6 Å². The van der Waals surface area contributed by atoms with Gasteiger partial charge in [0.2, 0.25) is 11.3 Å². The zero-order chi connectivity index (χ0) is 19.2. The predicted octanol–water partition coefficient (Wildman–Crippen LogP) is 3.13. The van der Waals surface area contributed by atoms with E-state index >= 15 is 0 Å². The van der Waals surface area contributed by atoms with Gasteiger partial charge in [-0.15, -0.1) is 0 Å². The van der Waals surface area contributed by atoms with Crippen molar-refractivity contribution in [2.45, 2.75) is 32.4 Å². The Labute approximate surface area is 163 Å². The van der Waals surface area contributed by atoms with Crippen LogP contribution in [-0.2, 0) is 17.9 Å². The van der Waals surface area contributed by atoms with E-state index in [1.165, 1.54) is 13.5 Å². The van der Waals surface area contributed by atoms with Gasteiger partial charge in [-0.1, -0.05) is 18.0 Å². The molecule has 1 aliphatic heterocycles. The maximum atomic E-state index is 12.5. The van der Waals surface area contributed by atoms with Crippen LogP contribution in [0.4, 0.5) is 5.69 Å². The number of methoxy groups -OCH3 is 1. The summed E-state index contributed by atoms with van der Waals surface area (Å²) < 4.78 is 6.94. The van der Waals surface area contributed by atoms with E-state index in [0.29, 0.717) is 17.3 Å². The Balaban J connectivity index is 1.77. The van der Waals surface area contributed by atoms with E-state index in [1.54, 1.807) is 41.1 Å². The first-order chi connectivity index (χ1) is 13.0. The average molecular weight is 390 g/mol. The van der Waals surface area contributed by atoms with Gasteiger partial charge in [-0.25, -0.2) is 0 Å². The molecule has 1 N–H and O–H groups in total. The molecule has 1 aromatic heterocycles. The molecule has 7 heteroatoms. The Bertz CT molecular complexity index is 843. The maximum Gasteiger partial charge on any atom is 0.244 e. The number of rotatable bonds is 6. The number of halogens is 1. The van der Waals surface area contributed by atoms with Crippen LogP contribution in [0.1, 0.15) is 25.0 Å². The van der Waals surface area contributed by atoms with Crippen molar-refractivity contribution < 1.29 is 9.53 Å². The molecule has 27 heavy (non-hydrogen) atoms. The quantitative estimate of drug-likeness (QED) is 0.824. The van der Waals surface area contributed by atoms with E-state index in [1.807, 2.05) is 0 Å². The van der Waals surface area contributed by atoms with Crippen molar-refractivity contribution in [3.8, 4) is 5.75 Å². The number of nitrogens with one attached hydrogen (secondary N) is 1. The number of aromatic nitrogens is 1. The van der Waals surface area contributed by atoms with Crippen molar-refractivity contribution in [2.75, 3.05) is 25.5 Å². The fourth-order valence-corrected chi connectivity index (χ4v) is 3.39. The number of nitrogens with zero attached hydrogens (tertiary/aromatic N) is 2. The molecular formula is C20H24ClN3O3. The van der Waals surface area contributed by atoms with Gasteiger partial charge in [0, 0.05) is 29.0 Å². The fourth-order valence-electron chi connectivity index (χ4n) is 3.27. The van der Waals surface area contributed by atoms with Crippen LogP contribution < -0.4 is 15.5 Å². The van der Waals surface area contributed by atoms with Crippen LogP contribution in [0, 0.1) is 0 Å². The smallest absolute Gasteiger partial charge is 0.244 e. The Morgan fingerprint density at radius 3 is 2.56 bits per heavy atom. The highest BCUT2D eigenvalue weighted by Crippen LogP contribution is 2.16. The van der Waals surface area contributed by atoms with Crippen LogP contribution in [0.15, 0.2) is 41.3 Å². The Morgan fingerprint density at radius 2 is 1.89 bits per heavy atom. The highest BCUT2D eigenvalue weighted by atomic mass is 35.5. The zero-order valence-electron chi connectivity index (χ0n) is 15.4. The Morgan fingerprint density at radius 1 is 1.19 bits per heavy atom. The largest absolute Gasteiger partial charge is 0.491 e. The van der Waals surface area contributed by atoms with Gasteiger partial charge in [0.05, 0.1) is 13.3 Å². The second-order valence-corrected chi connectivity index (χ2v) is 7.15. The molecule has 0 unspecified atom stereocenters. The van der Waals surface area contributed by atoms with Crippen LogP contribution in [-0.4, -0.2) is 35.6 Å². The number of piperidine rings is 1. The summed E-state index contributed by atoms with van der Waals surface area (Å²) in [6.45, 7) is 2.77. The maximum absolute atomic E-state index is 12.5. The van der Waals surface area contributed by atoms with Gasteiger partial charge in [0.1, 0.15) is 6.54 Å². The number of hydrogen-bond acceptors (Lipinski definition) is 4. The Kier molecular flexibility index (Phi) is 6.53. The molecule has 1 aliphatic rings. The number of ether oxygens (including phenoxy) is 1. The SMILES string of the molecule is COc1cn(CC(=O)Nc2ccc(Cl)cc2)c(CN2CCCCC2)cc1=O. The van der Waals surface area contributed by atoms with Crippen LogP contribution in [0.25, 0.3) is 0 Å². The second-order valence-electron chi connectivity index (χ2n) is 6.72. The normalized spacial score (nSPS) is 14.7. The van der Waals surface area contributed by atoms with Crippen molar-refractivity contribution in [1.29, 1.82) is 0 Å². The van der Waals surface area contributed by atoms with Gasteiger partial charge in [0.25, 0.3) is 0 Å². The van der Waals surface area contributed by atoms with Crippen molar-refractivity contribution in [3.63, 3.8) is 0 Å². The van der Waals surface area contributed by atoms with Crippen molar-refractivity contribution in [2.24, 2.45) is 0 Å². The highest BCUT2D eigenvalue weighted by molar-refractivity contribution is 6.30. The fraction of sp³-hybridized carbons (Fsp3) is 0.400. The van der Waals surface area contributed by atoms with E-state index in [2.05, 4.69) is 10.2 Å². The lowest BCUT2D eigenvalue weighted by Crippen LogP contribution is -2.32. The minimum Gasteiger partial charge on any atom is -0.491 e. The molecular weight excluding hydrogens is 366 g/mol. The third kappa shape index (κ3) is 5.34. The first-order valence-electron chi connectivity index (χ1n) is 9.10. The second kappa shape index (κ2) is 9.06. The van der Waals surface area contributed by atoms with E-state index in [0.717, 1.165) is 31.6 Å². The minimum absolute atomic E-state index is 0.0996. The van der Waals surface area contributed by atoms with E-state index in [4.69, 9.17) is 16.3 Å². The summed E-state index contributed by atoms with van der Waals surface area (Å²) in [6, 6.07) is 8.52. The summed E-state index contributed by atoms with van der Waals surface area (Å²) in [5.74, 6) is 0.0552. The van der Waals surface area contributed by atoms with Gasteiger partial charge in [-0.05, 0) is 50.2 Å². The topological polar surface area (TPSA) is 63.6 Å². The molecule has 1 fully saturated rings. The molecule has 1 saturated heterocycles. The predicted molar refractivity (Wildman–Crippen MR) is 106 cm³/mol. The summed E-state index contributed by atoms with van der Waals surface area (Å²) in [5.41, 5.74) is 1.32. The molecule has 0 radical (unpaired) electrons. The lowest BCUT2D eigenvalue weighted by Gasteiger charge is -2.27. The first-order valence-corrected chi connectivity index (χ1v) is 9.48. The number of hydrogen-bond donors (Lipinski definition) is 1. The molecule has 0 spiro atoms.